The van der Waals surface area contributed by atoms with Gasteiger partial charge in [0.1, 0.15) is 5.03 Å². The van der Waals surface area contributed by atoms with E-state index in [2.05, 4.69) is 22.4 Å². The third-order valence-electron chi connectivity index (χ3n) is 5.29. The Balaban J connectivity index is 1.40. The second-order valence-electron chi connectivity index (χ2n) is 7.63. The number of aromatic nitrogens is 1. The van der Waals surface area contributed by atoms with Gasteiger partial charge in [0.2, 0.25) is 5.91 Å². The number of amides is 2. The van der Waals surface area contributed by atoms with Crippen LogP contribution in [0, 0.1) is 0 Å². The van der Waals surface area contributed by atoms with Gasteiger partial charge in [0.25, 0.3) is 5.91 Å². The molecule has 5 nitrogen and oxygen atoms in total. The molecule has 0 aliphatic carbocycles. The van der Waals surface area contributed by atoms with Crippen molar-refractivity contribution in [3.8, 4) is 0 Å². The summed E-state index contributed by atoms with van der Waals surface area (Å²) in [5, 5.41) is 3.84. The van der Waals surface area contributed by atoms with Gasteiger partial charge in [-0.2, -0.15) is 0 Å². The lowest BCUT2D eigenvalue weighted by molar-refractivity contribution is -0.121. The number of hydrogen-bond donors (Lipinski definition) is 1. The molecule has 2 heterocycles. The molecule has 2 aromatic carbocycles. The van der Waals surface area contributed by atoms with Gasteiger partial charge in [0.15, 0.2) is 0 Å². The quantitative estimate of drug-likeness (QED) is 0.588. The fraction of sp³-hybridized carbons (Fsp3) is 0.240. The monoisotopic (exact) mass is 431 g/mol. The van der Waals surface area contributed by atoms with E-state index in [0.29, 0.717) is 12.1 Å². The van der Waals surface area contributed by atoms with Crippen molar-refractivity contribution in [3.05, 3.63) is 84.1 Å². The van der Waals surface area contributed by atoms with Crippen molar-refractivity contribution in [2.75, 3.05) is 11.4 Å². The molecule has 6 heteroatoms. The number of nitrogens with zero attached hydrogens (tertiary/aromatic N) is 2. The molecule has 0 spiro atoms. The van der Waals surface area contributed by atoms with Gasteiger partial charge < -0.3 is 10.2 Å². The number of pyridine rings is 1. The van der Waals surface area contributed by atoms with Gasteiger partial charge >= 0.3 is 0 Å². The molecule has 0 radical (unpaired) electrons. The molecule has 0 saturated carbocycles. The van der Waals surface area contributed by atoms with Gasteiger partial charge in [-0.25, -0.2) is 4.98 Å². The second kappa shape index (κ2) is 9.79. The summed E-state index contributed by atoms with van der Waals surface area (Å²) in [6, 6.07) is 21.6. The van der Waals surface area contributed by atoms with Crippen LogP contribution in [0.3, 0.4) is 0 Å². The Morgan fingerprint density at radius 2 is 1.84 bits per heavy atom. The molecule has 0 bridgehead atoms. The predicted octanol–water partition coefficient (Wildman–Crippen LogP) is 4.72. The maximum Gasteiger partial charge on any atom is 0.259 e. The Bertz CT molecular complexity index is 1070. The number of carbonyl (C=O) groups is 2. The highest BCUT2D eigenvalue weighted by Crippen LogP contribution is 2.39. The number of nitrogens with one attached hydrogen (secondary N) is 1. The fourth-order valence-electron chi connectivity index (χ4n) is 3.64. The first-order valence-electron chi connectivity index (χ1n) is 10.5. The van der Waals surface area contributed by atoms with Crippen molar-refractivity contribution in [2.24, 2.45) is 0 Å². The zero-order chi connectivity index (χ0) is 21.6. The van der Waals surface area contributed by atoms with Gasteiger partial charge in [0, 0.05) is 30.1 Å². The Labute approximate surface area is 186 Å². The maximum absolute atomic E-state index is 13.2. The zero-order valence-electron chi connectivity index (χ0n) is 17.5. The molecule has 0 fully saturated rings. The normalized spacial score (nSPS) is 13.7. The molecule has 1 aliphatic heterocycles. The third kappa shape index (κ3) is 5.14. The summed E-state index contributed by atoms with van der Waals surface area (Å²) in [6.45, 7) is 2.33. The van der Waals surface area contributed by atoms with Crippen LogP contribution in [0.25, 0.3) is 0 Å². The highest BCUT2D eigenvalue weighted by atomic mass is 32.2. The van der Waals surface area contributed by atoms with Crippen molar-refractivity contribution in [1.82, 2.24) is 10.3 Å². The number of carbonyl (C=O) groups excluding carboxylic acids is 2. The van der Waals surface area contributed by atoms with E-state index in [-0.39, 0.29) is 24.3 Å². The summed E-state index contributed by atoms with van der Waals surface area (Å²) in [5.41, 5.74) is 2.65. The van der Waals surface area contributed by atoms with E-state index in [1.807, 2.05) is 61.5 Å². The molecule has 1 aliphatic rings. The average molecular weight is 432 g/mol. The number of fused-ring (bicyclic) bond motifs is 2. The minimum absolute atomic E-state index is 0.0519. The highest BCUT2D eigenvalue weighted by molar-refractivity contribution is 7.99. The van der Waals surface area contributed by atoms with Gasteiger partial charge in [-0.3, -0.25) is 9.59 Å². The van der Waals surface area contributed by atoms with Crippen LogP contribution in [-0.4, -0.2) is 29.4 Å². The number of anilines is 1. The van der Waals surface area contributed by atoms with Crippen LogP contribution in [0.2, 0.25) is 0 Å². The van der Waals surface area contributed by atoms with Gasteiger partial charge in [-0.05, 0) is 49.6 Å². The Kier molecular flexibility index (Phi) is 6.67. The molecule has 158 valence electrons. The maximum atomic E-state index is 13.2. The lowest BCUT2D eigenvalue weighted by Crippen LogP contribution is -2.38. The number of rotatable bonds is 7. The minimum Gasteiger partial charge on any atom is -0.354 e. The largest absolute Gasteiger partial charge is 0.354 e. The van der Waals surface area contributed by atoms with E-state index in [9.17, 15) is 9.59 Å². The number of benzene rings is 2. The van der Waals surface area contributed by atoms with E-state index in [0.717, 1.165) is 28.5 Å². The molecule has 2 amide bonds. The number of hydrogen-bond acceptors (Lipinski definition) is 4. The molecule has 4 rings (SSSR count). The first kappa shape index (κ1) is 21.1. The summed E-state index contributed by atoms with van der Waals surface area (Å²) in [6.07, 6.45) is 3.75. The lowest BCUT2D eigenvalue weighted by Gasteiger charge is -2.23. The standard InChI is InChI=1S/C25H25N3O2S/c1-18(13-14-19-8-3-2-4-9-19)27-23(29)15-17-28-21-11-7-16-26-24(21)31-22-12-6-5-10-20(22)25(28)30/h2-12,16,18H,13-15,17H2,1H3,(H,27,29)/t18-/m0/s1. The molecule has 3 aromatic rings. The summed E-state index contributed by atoms with van der Waals surface area (Å²) < 4.78 is 0. The van der Waals surface area contributed by atoms with Crippen LogP contribution in [0.15, 0.2) is 82.8 Å². The lowest BCUT2D eigenvalue weighted by atomic mass is 10.1. The molecule has 31 heavy (non-hydrogen) atoms. The Hall–Kier alpha value is -3.12. The highest BCUT2D eigenvalue weighted by Gasteiger charge is 2.28. The smallest absolute Gasteiger partial charge is 0.259 e. The predicted molar refractivity (Wildman–Crippen MR) is 123 cm³/mol. The molecular formula is C25H25N3O2S. The Morgan fingerprint density at radius 3 is 2.68 bits per heavy atom. The first-order chi connectivity index (χ1) is 15.1. The van der Waals surface area contributed by atoms with Gasteiger partial charge in [-0.1, -0.05) is 54.2 Å². The van der Waals surface area contributed by atoms with Crippen molar-refractivity contribution < 1.29 is 9.59 Å². The summed E-state index contributed by atoms with van der Waals surface area (Å²) in [5.74, 6) is -0.149. The Morgan fingerprint density at radius 1 is 1.06 bits per heavy atom. The van der Waals surface area contributed by atoms with E-state index in [4.69, 9.17) is 0 Å². The molecule has 1 N–H and O–H groups in total. The van der Waals surface area contributed by atoms with Crippen LogP contribution >= 0.6 is 11.8 Å². The fourth-order valence-corrected chi connectivity index (χ4v) is 4.66. The van der Waals surface area contributed by atoms with E-state index < -0.39 is 0 Å². The zero-order valence-corrected chi connectivity index (χ0v) is 18.3. The average Bonchev–Trinajstić information content (AvgIpc) is 2.91. The third-order valence-corrected chi connectivity index (χ3v) is 6.37. The van der Waals surface area contributed by atoms with Crippen molar-refractivity contribution in [3.63, 3.8) is 0 Å². The summed E-state index contributed by atoms with van der Waals surface area (Å²) in [4.78, 5) is 32.9. The van der Waals surface area contributed by atoms with Crippen molar-refractivity contribution in [1.29, 1.82) is 0 Å². The summed E-state index contributed by atoms with van der Waals surface area (Å²) >= 11 is 1.49. The van der Waals surface area contributed by atoms with Crippen LogP contribution in [-0.2, 0) is 11.2 Å². The molecule has 0 unspecified atom stereocenters. The van der Waals surface area contributed by atoms with Gasteiger partial charge in [-0.15, -0.1) is 0 Å². The molecule has 0 saturated heterocycles. The molecular weight excluding hydrogens is 406 g/mol. The van der Waals surface area contributed by atoms with Crippen molar-refractivity contribution >= 4 is 29.3 Å². The van der Waals surface area contributed by atoms with Crippen molar-refractivity contribution in [2.45, 2.75) is 42.1 Å². The van der Waals surface area contributed by atoms with Crippen LogP contribution in [0.5, 0.6) is 0 Å². The molecule has 1 aromatic heterocycles. The summed E-state index contributed by atoms with van der Waals surface area (Å²) in [7, 11) is 0. The van der Waals surface area contributed by atoms with Crippen LogP contribution < -0.4 is 10.2 Å². The molecule has 1 atom stereocenters. The topological polar surface area (TPSA) is 62.3 Å². The van der Waals surface area contributed by atoms with E-state index in [1.165, 1.54) is 17.3 Å². The van der Waals surface area contributed by atoms with Crippen LogP contribution in [0.4, 0.5) is 5.69 Å². The van der Waals surface area contributed by atoms with E-state index in [1.54, 1.807) is 11.1 Å². The van der Waals surface area contributed by atoms with Gasteiger partial charge in [0.05, 0.1) is 11.3 Å². The van der Waals surface area contributed by atoms with E-state index >= 15 is 0 Å². The first-order valence-corrected chi connectivity index (χ1v) is 11.3. The second-order valence-corrected chi connectivity index (χ2v) is 8.66. The number of aryl methyl sites for hydroxylation is 1. The van der Waals surface area contributed by atoms with Crippen LogP contribution in [0.1, 0.15) is 35.7 Å². The minimum atomic E-state index is -0.0974. The SMILES string of the molecule is C[C@@H](CCc1ccccc1)NC(=O)CCN1C(=O)c2ccccc2Sc2ncccc21.